The van der Waals surface area contributed by atoms with Crippen molar-refractivity contribution in [1.82, 2.24) is 15.1 Å². The molecular formula is C18H12ClN3OS. The van der Waals surface area contributed by atoms with Crippen LogP contribution in [0.4, 0.5) is 0 Å². The summed E-state index contributed by atoms with van der Waals surface area (Å²) >= 11 is 7.54. The van der Waals surface area contributed by atoms with E-state index >= 15 is 0 Å². The summed E-state index contributed by atoms with van der Waals surface area (Å²) in [5.74, 6) is 1.02. The Bertz CT molecular complexity index is 991. The Kier molecular flexibility index (Phi) is 3.88. The Balaban J connectivity index is 1.68. The zero-order valence-corrected chi connectivity index (χ0v) is 14.3. The molecule has 0 saturated carbocycles. The molecule has 0 N–H and O–H groups in total. The first-order valence-electron chi connectivity index (χ1n) is 7.31. The second kappa shape index (κ2) is 6.19. The summed E-state index contributed by atoms with van der Waals surface area (Å²) in [6, 6.07) is 15.3. The fourth-order valence-corrected chi connectivity index (χ4v) is 3.11. The lowest BCUT2D eigenvalue weighted by Crippen LogP contribution is -1.84. The second-order valence-corrected chi connectivity index (χ2v) is 6.76. The maximum Gasteiger partial charge on any atom is 0.258 e. The number of thiazole rings is 1. The molecule has 0 atom stereocenters. The lowest BCUT2D eigenvalue weighted by Gasteiger charge is -1.99. The summed E-state index contributed by atoms with van der Waals surface area (Å²) in [4.78, 5) is 9.00. The fourth-order valence-electron chi connectivity index (χ4n) is 2.36. The van der Waals surface area contributed by atoms with E-state index in [1.165, 1.54) is 0 Å². The Morgan fingerprint density at radius 1 is 0.958 bits per heavy atom. The van der Waals surface area contributed by atoms with Crippen LogP contribution in [0.2, 0.25) is 5.02 Å². The van der Waals surface area contributed by atoms with Crippen LogP contribution in [0.5, 0.6) is 0 Å². The lowest BCUT2D eigenvalue weighted by molar-refractivity contribution is 0.432. The summed E-state index contributed by atoms with van der Waals surface area (Å²) in [6.45, 7) is 2.00. The lowest BCUT2D eigenvalue weighted by atomic mass is 10.1. The van der Waals surface area contributed by atoms with Gasteiger partial charge in [-0.1, -0.05) is 35.0 Å². The summed E-state index contributed by atoms with van der Waals surface area (Å²) < 4.78 is 5.38. The molecule has 0 aliphatic heterocycles. The summed E-state index contributed by atoms with van der Waals surface area (Å²) in [5, 5.41) is 7.85. The number of aromatic nitrogens is 3. The number of hydrogen-bond acceptors (Lipinski definition) is 5. The van der Waals surface area contributed by atoms with Crippen molar-refractivity contribution in [3.63, 3.8) is 0 Å². The number of nitrogens with zero attached hydrogens (tertiary/aromatic N) is 3. The van der Waals surface area contributed by atoms with E-state index in [4.69, 9.17) is 16.1 Å². The number of hydrogen-bond donors (Lipinski definition) is 0. The van der Waals surface area contributed by atoms with E-state index in [1.54, 1.807) is 23.5 Å². The molecule has 4 nitrogen and oxygen atoms in total. The molecule has 24 heavy (non-hydrogen) atoms. The van der Waals surface area contributed by atoms with Gasteiger partial charge in [-0.2, -0.15) is 4.98 Å². The van der Waals surface area contributed by atoms with Crippen molar-refractivity contribution in [1.29, 1.82) is 0 Å². The van der Waals surface area contributed by atoms with Crippen LogP contribution >= 0.6 is 22.9 Å². The molecule has 4 aromatic rings. The van der Waals surface area contributed by atoms with Crippen molar-refractivity contribution in [3.05, 3.63) is 63.9 Å². The van der Waals surface area contributed by atoms with E-state index in [-0.39, 0.29) is 0 Å². The zero-order chi connectivity index (χ0) is 16.5. The summed E-state index contributed by atoms with van der Waals surface area (Å²) in [5.41, 5.74) is 3.72. The highest BCUT2D eigenvalue weighted by molar-refractivity contribution is 7.09. The van der Waals surface area contributed by atoms with Crippen LogP contribution in [0.3, 0.4) is 0 Å². The molecule has 118 valence electrons. The van der Waals surface area contributed by atoms with Crippen LogP contribution in [0.15, 0.2) is 58.4 Å². The number of rotatable bonds is 3. The van der Waals surface area contributed by atoms with Crippen LogP contribution in [-0.2, 0) is 0 Å². The van der Waals surface area contributed by atoms with Gasteiger partial charge in [-0.05, 0) is 37.3 Å². The molecule has 0 aliphatic rings. The molecule has 0 saturated heterocycles. The monoisotopic (exact) mass is 353 g/mol. The fraction of sp³-hybridized carbons (Fsp3) is 0.0556. The van der Waals surface area contributed by atoms with Gasteiger partial charge in [0, 0.05) is 27.1 Å². The highest BCUT2D eigenvalue weighted by atomic mass is 35.5. The number of aryl methyl sites for hydroxylation is 1. The van der Waals surface area contributed by atoms with Crippen LogP contribution in [0.25, 0.3) is 34.1 Å². The third kappa shape index (κ3) is 2.96. The average molecular weight is 354 g/mol. The molecule has 2 aromatic carbocycles. The maximum atomic E-state index is 5.91. The smallest absolute Gasteiger partial charge is 0.258 e. The third-order valence-electron chi connectivity index (χ3n) is 3.55. The topological polar surface area (TPSA) is 51.8 Å². The van der Waals surface area contributed by atoms with Gasteiger partial charge in [-0.25, -0.2) is 4.98 Å². The molecule has 0 spiro atoms. The summed E-state index contributed by atoms with van der Waals surface area (Å²) in [6.07, 6.45) is 0. The Labute approximate surface area is 147 Å². The molecule has 0 aliphatic carbocycles. The highest BCUT2D eigenvalue weighted by Gasteiger charge is 2.12. The van der Waals surface area contributed by atoms with E-state index in [0.29, 0.717) is 16.7 Å². The maximum absolute atomic E-state index is 5.91. The Morgan fingerprint density at radius 3 is 2.50 bits per heavy atom. The first kappa shape index (κ1) is 15.1. The van der Waals surface area contributed by atoms with Crippen molar-refractivity contribution in [3.8, 4) is 34.1 Å². The summed E-state index contributed by atoms with van der Waals surface area (Å²) in [7, 11) is 0. The zero-order valence-electron chi connectivity index (χ0n) is 12.7. The molecule has 0 bridgehead atoms. The molecule has 2 aromatic heterocycles. The quantitative estimate of drug-likeness (QED) is 0.488. The normalized spacial score (nSPS) is 10.9. The van der Waals surface area contributed by atoms with Crippen molar-refractivity contribution in [2.45, 2.75) is 6.92 Å². The van der Waals surface area contributed by atoms with Gasteiger partial charge in [0.15, 0.2) is 0 Å². The van der Waals surface area contributed by atoms with E-state index in [9.17, 15) is 0 Å². The van der Waals surface area contributed by atoms with Gasteiger partial charge < -0.3 is 4.52 Å². The van der Waals surface area contributed by atoms with E-state index in [2.05, 4.69) is 15.1 Å². The molecular weight excluding hydrogens is 342 g/mol. The van der Waals surface area contributed by atoms with Crippen molar-refractivity contribution in [2.75, 3.05) is 0 Å². The molecule has 4 rings (SSSR count). The van der Waals surface area contributed by atoms with Gasteiger partial charge >= 0.3 is 0 Å². The third-order valence-corrected chi connectivity index (χ3v) is 4.58. The minimum Gasteiger partial charge on any atom is -0.334 e. The van der Waals surface area contributed by atoms with Gasteiger partial charge in [0.1, 0.15) is 0 Å². The van der Waals surface area contributed by atoms with E-state index in [1.807, 2.05) is 48.7 Å². The molecule has 0 radical (unpaired) electrons. The predicted octanol–water partition coefficient (Wildman–Crippen LogP) is 5.49. The largest absolute Gasteiger partial charge is 0.334 e. The van der Waals surface area contributed by atoms with E-state index < -0.39 is 0 Å². The van der Waals surface area contributed by atoms with Gasteiger partial charge in [-0.15, -0.1) is 11.3 Å². The standard InChI is InChI=1S/C18H12ClN3OS/c1-11-20-16(10-24-11)13-3-2-4-14(9-13)17-21-18(23-22-17)12-5-7-15(19)8-6-12/h2-10H,1H3. The number of benzene rings is 2. The molecule has 0 fully saturated rings. The molecule has 0 amide bonds. The predicted molar refractivity (Wildman–Crippen MR) is 96.0 cm³/mol. The minimum atomic E-state index is 0.469. The van der Waals surface area contributed by atoms with Gasteiger partial charge in [0.25, 0.3) is 5.89 Å². The molecule has 2 heterocycles. The Hall–Kier alpha value is -2.50. The SMILES string of the molecule is Cc1nc(-c2cccc(-c3noc(-c4ccc(Cl)cc4)n3)c2)cs1. The van der Waals surface area contributed by atoms with E-state index in [0.717, 1.165) is 27.4 Å². The second-order valence-electron chi connectivity index (χ2n) is 5.26. The number of halogens is 1. The van der Waals surface area contributed by atoms with Crippen LogP contribution < -0.4 is 0 Å². The van der Waals surface area contributed by atoms with Crippen molar-refractivity contribution in [2.24, 2.45) is 0 Å². The van der Waals surface area contributed by atoms with Crippen LogP contribution in [0.1, 0.15) is 5.01 Å². The minimum absolute atomic E-state index is 0.469. The molecule has 6 heteroatoms. The highest BCUT2D eigenvalue weighted by Crippen LogP contribution is 2.27. The van der Waals surface area contributed by atoms with Crippen molar-refractivity contribution >= 4 is 22.9 Å². The van der Waals surface area contributed by atoms with Crippen LogP contribution in [0, 0.1) is 6.92 Å². The molecule has 0 unspecified atom stereocenters. The average Bonchev–Trinajstić information content (AvgIpc) is 3.25. The van der Waals surface area contributed by atoms with Gasteiger partial charge in [-0.3, -0.25) is 0 Å². The van der Waals surface area contributed by atoms with Crippen molar-refractivity contribution < 1.29 is 4.52 Å². The van der Waals surface area contributed by atoms with Gasteiger partial charge in [0.05, 0.1) is 10.7 Å². The first-order valence-corrected chi connectivity index (χ1v) is 8.57. The van der Waals surface area contributed by atoms with Crippen LogP contribution in [-0.4, -0.2) is 15.1 Å². The Morgan fingerprint density at radius 2 is 1.75 bits per heavy atom. The first-order chi connectivity index (χ1) is 11.7. The van der Waals surface area contributed by atoms with Gasteiger partial charge in [0.2, 0.25) is 5.82 Å².